The SMILES string of the molecule is CNc1ncccc1CN1CCO[C@H](CCc2ccncn2)C1. The summed E-state index contributed by atoms with van der Waals surface area (Å²) in [6.07, 6.45) is 7.38. The quantitative estimate of drug-likeness (QED) is 0.876. The van der Waals surface area contributed by atoms with Crippen molar-refractivity contribution < 1.29 is 4.74 Å². The maximum atomic E-state index is 5.91. The standard InChI is InChI=1S/C17H23N5O/c1-18-17-14(3-2-7-20-17)11-22-9-10-23-16(12-22)5-4-15-6-8-19-13-21-15/h2-3,6-8,13,16H,4-5,9-12H2,1H3,(H,18,20)/t16-/m1/s1. The molecule has 1 aliphatic heterocycles. The van der Waals surface area contributed by atoms with E-state index in [-0.39, 0.29) is 6.10 Å². The van der Waals surface area contributed by atoms with Gasteiger partial charge in [-0.05, 0) is 25.0 Å². The highest BCUT2D eigenvalue weighted by Crippen LogP contribution is 2.17. The van der Waals surface area contributed by atoms with Crippen LogP contribution in [0.5, 0.6) is 0 Å². The van der Waals surface area contributed by atoms with E-state index in [1.807, 2.05) is 25.4 Å². The van der Waals surface area contributed by atoms with Crippen molar-refractivity contribution in [1.29, 1.82) is 0 Å². The van der Waals surface area contributed by atoms with Gasteiger partial charge in [-0.2, -0.15) is 0 Å². The van der Waals surface area contributed by atoms with Crippen LogP contribution in [0.25, 0.3) is 0 Å². The fourth-order valence-corrected chi connectivity index (χ4v) is 2.91. The van der Waals surface area contributed by atoms with Gasteiger partial charge in [0.25, 0.3) is 0 Å². The fraction of sp³-hybridized carbons (Fsp3) is 0.471. The van der Waals surface area contributed by atoms with Crippen LogP contribution in [-0.4, -0.2) is 52.7 Å². The number of aryl methyl sites for hydroxylation is 1. The van der Waals surface area contributed by atoms with Crippen molar-refractivity contribution in [2.75, 3.05) is 32.1 Å². The lowest BCUT2D eigenvalue weighted by Crippen LogP contribution is -2.42. The highest BCUT2D eigenvalue weighted by Gasteiger charge is 2.21. The Morgan fingerprint density at radius 3 is 3.09 bits per heavy atom. The summed E-state index contributed by atoms with van der Waals surface area (Å²) in [5.74, 6) is 0.955. The first-order valence-electron chi connectivity index (χ1n) is 8.05. The summed E-state index contributed by atoms with van der Waals surface area (Å²) in [6.45, 7) is 3.59. The smallest absolute Gasteiger partial charge is 0.130 e. The van der Waals surface area contributed by atoms with Crippen LogP contribution in [0.1, 0.15) is 17.7 Å². The Balaban J connectivity index is 1.54. The first kappa shape index (κ1) is 15.8. The molecule has 0 aromatic carbocycles. The molecule has 6 heteroatoms. The number of pyridine rings is 1. The number of hydrogen-bond acceptors (Lipinski definition) is 6. The summed E-state index contributed by atoms with van der Waals surface area (Å²) in [5, 5.41) is 3.16. The van der Waals surface area contributed by atoms with E-state index in [9.17, 15) is 0 Å². The monoisotopic (exact) mass is 313 g/mol. The first-order chi connectivity index (χ1) is 11.3. The number of nitrogens with one attached hydrogen (secondary N) is 1. The third-order valence-corrected chi connectivity index (χ3v) is 4.11. The minimum Gasteiger partial charge on any atom is -0.376 e. The molecule has 1 saturated heterocycles. The third kappa shape index (κ3) is 4.46. The third-order valence-electron chi connectivity index (χ3n) is 4.11. The zero-order valence-electron chi connectivity index (χ0n) is 13.5. The predicted molar refractivity (Wildman–Crippen MR) is 89.2 cm³/mol. The van der Waals surface area contributed by atoms with E-state index in [0.29, 0.717) is 0 Å². The highest BCUT2D eigenvalue weighted by molar-refractivity contribution is 5.42. The number of aromatic nitrogens is 3. The van der Waals surface area contributed by atoms with Crippen molar-refractivity contribution in [2.45, 2.75) is 25.5 Å². The summed E-state index contributed by atoms with van der Waals surface area (Å²) in [5.41, 5.74) is 2.30. The van der Waals surface area contributed by atoms with Crippen LogP contribution in [-0.2, 0) is 17.7 Å². The molecule has 6 nitrogen and oxygen atoms in total. The summed E-state index contributed by atoms with van der Waals surface area (Å²) in [7, 11) is 1.91. The molecule has 0 radical (unpaired) electrons. The topological polar surface area (TPSA) is 63.2 Å². The minimum atomic E-state index is 0.258. The van der Waals surface area contributed by atoms with Gasteiger partial charge in [0.05, 0.1) is 12.7 Å². The Kier molecular flexibility index (Phi) is 5.50. The molecule has 2 aromatic rings. The van der Waals surface area contributed by atoms with Gasteiger partial charge >= 0.3 is 0 Å². The van der Waals surface area contributed by atoms with Gasteiger partial charge < -0.3 is 10.1 Å². The lowest BCUT2D eigenvalue weighted by Gasteiger charge is -2.33. The van der Waals surface area contributed by atoms with Crippen molar-refractivity contribution in [3.05, 3.63) is 48.2 Å². The van der Waals surface area contributed by atoms with E-state index in [2.05, 4.69) is 31.2 Å². The van der Waals surface area contributed by atoms with Crippen molar-refractivity contribution >= 4 is 5.82 Å². The average Bonchev–Trinajstić information content (AvgIpc) is 2.62. The molecule has 0 saturated carbocycles. The van der Waals surface area contributed by atoms with Gasteiger partial charge in [0.2, 0.25) is 0 Å². The molecule has 0 bridgehead atoms. The molecule has 0 amide bonds. The van der Waals surface area contributed by atoms with Crippen molar-refractivity contribution in [1.82, 2.24) is 19.9 Å². The van der Waals surface area contributed by atoms with E-state index in [4.69, 9.17) is 4.74 Å². The lowest BCUT2D eigenvalue weighted by atomic mass is 10.1. The van der Waals surface area contributed by atoms with Crippen LogP contribution in [0.15, 0.2) is 36.9 Å². The summed E-state index contributed by atoms with van der Waals surface area (Å²) in [4.78, 5) is 15.0. The van der Waals surface area contributed by atoms with Crippen LogP contribution in [0.4, 0.5) is 5.82 Å². The van der Waals surface area contributed by atoms with E-state index < -0.39 is 0 Å². The number of morpholine rings is 1. The molecule has 1 fully saturated rings. The van der Waals surface area contributed by atoms with Crippen molar-refractivity contribution in [2.24, 2.45) is 0 Å². The molecule has 0 spiro atoms. The number of nitrogens with zero attached hydrogens (tertiary/aromatic N) is 4. The lowest BCUT2D eigenvalue weighted by molar-refractivity contribution is -0.0346. The largest absolute Gasteiger partial charge is 0.376 e. The zero-order chi connectivity index (χ0) is 15.9. The summed E-state index contributed by atoms with van der Waals surface area (Å²) < 4.78 is 5.91. The Morgan fingerprint density at radius 2 is 2.26 bits per heavy atom. The molecule has 0 aliphatic carbocycles. The van der Waals surface area contributed by atoms with Crippen LogP contribution < -0.4 is 5.32 Å². The Labute approximate surface area is 136 Å². The first-order valence-corrected chi connectivity index (χ1v) is 8.05. The molecule has 122 valence electrons. The maximum absolute atomic E-state index is 5.91. The molecule has 1 atom stereocenters. The second-order valence-corrected chi connectivity index (χ2v) is 5.73. The molecule has 1 aliphatic rings. The van der Waals surface area contributed by atoms with E-state index in [1.54, 1.807) is 12.5 Å². The normalized spacial score (nSPS) is 18.7. The summed E-state index contributed by atoms with van der Waals surface area (Å²) in [6, 6.07) is 6.09. The van der Waals surface area contributed by atoms with Crippen LogP contribution in [0.3, 0.4) is 0 Å². The second-order valence-electron chi connectivity index (χ2n) is 5.73. The van der Waals surface area contributed by atoms with Gasteiger partial charge in [0, 0.05) is 50.3 Å². The van der Waals surface area contributed by atoms with Crippen LogP contribution in [0, 0.1) is 0 Å². The molecule has 2 aromatic heterocycles. The van der Waals surface area contributed by atoms with Gasteiger partial charge in [-0.25, -0.2) is 15.0 Å². The maximum Gasteiger partial charge on any atom is 0.130 e. The van der Waals surface area contributed by atoms with Crippen molar-refractivity contribution in [3.63, 3.8) is 0 Å². The van der Waals surface area contributed by atoms with Gasteiger partial charge in [0.1, 0.15) is 12.1 Å². The summed E-state index contributed by atoms with van der Waals surface area (Å²) >= 11 is 0. The molecule has 3 heterocycles. The molecule has 0 unspecified atom stereocenters. The van der Waals surface area contributed by atoms with Crippen LogP contribution >= 0.6 is 0 Å². The predicted octanol–water partition coefficient (Wildman–Crippen LogP) is 1.75. The van der Waals surface area contributed by atoms with Gasteiger partial charge in [0.15, 0.2) is 0 Å². The fourth-order valence-electron chi connectivity index (χ4n) is 2.91. The number of hydrogen-bond donors (Lipinski definition) is 1. The van der Waals surface area contributed by atoms with Crippen LogP contribution in [0.2, 0.25) is 0 Å². The van der Waals surface area contributed by atoms with Gasteiger partial charge in [-0.3, -0.25) is 4.90 Å². The average molecular weight is 313 g/mol. The Hall–Kier alpha value is -2.05. The highest BCUT2D eigenvalue weighted by atomic mass is 16.5. The number of ether oxygens (including phenoxy) is 1. The minimum absolute atomic E-state index is 0.258. The Bertz CT molecular complexity index is 607. The van der Waals surface area contributed by atoms with Crippen molar-refractivity contribution in [3.8, 4) is 0 Å². The van der Waals surface area contributed by atoms with E-state index >= 15 is 0 Å². The van der Waals surface area contributed by atoms with E-state index in [0.717, 1.165) is 50.6 Å². The van der Waals surface area contributed by atoms with Gasteiger partial charge in [-0.1, -0.05) is 6.07 Å². The zero-order valence-corrected chi connectivity index (χ0v) is 13.5. The van der Waals surface area contributed by atoms with Gasteiger partial charge in [-0.15, -0.1) is 0 Å². The second kappa shape index (κ2) is 7.99. The number of anilines is 1. The Morgan fingerprint density at radius 1 is 1.30 bits per heavy atom. The van der Waals surface area contributed by atoms with E-state index in [1.165, 1.54) is 5.56 Å². The molecular formula is C17H23N5O. The molecular weight excluding hydrogens is 290 g/mol. The number of rotatable bonds is 6. The molecule has 23 heavy (non-hydrogen) atoms. The molecule has 3 rings (SSSR count). The molecule has 1 N–H and O–H groups in total.